The van der Waals surface area contributed by atoms with Crippen LogP contribution in [-0.2, 0) is 0 Å². The minimum Gasteiger partial charge on any atom is -0.491 e. The van der Waals surface area contributed by atoms with Crippen molar-refractivity contribution in [2.75, 3.05) is 19.7 Å². The van der Waals surface area contributed by atoms with E-state index in [1.165, 1.54) is 19.3 Å². The van der Waals surface area contributed by atoms with E-state index >= 15 is 0 Å². The monoisotopic (exact) mass is 323 g/mol. The number of guanidine groups is 1. The molecule has 3 rings (SSSR count). The van der Waals surface area contributed by atoms with Crippen LogP contribution < -0.4 is 15.8 Å². The van der Waals surface area contributed by atoms with Crippen molar-refractivity contribution in [3.05, 3.63) is 54.6 Å². The molecule has 0 aromatic heterocycles. The predicted molar refractivity (Wildman–Crippen MR) is 99.2 cm³/mol. The lowest BCUT2D eigenvalue weighted by Crippen LogP contribution is -2.35. The molecule has 0 unspecified atom stereocenters. The van der Waals surface area contributed by atoms with E-state index in [1.54, 1.807) is 0 Å². The van der Waals surface area contributed by atoms with Crippen molar-refractivity contribution in [2.45, 2.75) is 19.3 Å². The summed E-state index contributed by atoms with van der Waals surface area (Å²) in [6, 6.07) is 18.4. The zero-order chi connectivity index (χ0) is 16.6. The van der Waals surface area contributed by atoms with Crippen molar-refractivity contribution in [3.63, 3.8) is 0 Å². The van der Waals surface area contributed by atoms with Crippen LogP contribution in [0.4, 0.5) is 0 Å². The summed E-state index contributed by atoms with van der Waals surface area (Å²) in [6.07, 6.45) is 3.91. The molecule has 24 heavy (non-hydrogen) atoms. The molecule has 1 fully saturated rings. The summed E-state index contributed by atoms with van der Waals surface area (Å²) >= 11 is 0. The van der Waals surface area contributed by atoms with Crippen molar-refractivity contribution in [1.29, 1.82) is 0 Å². The highest BCUT2D eigenvalue weighted by atomic mass is 16.5. The highest BCUT2D eigenvalue weighted by Gasteiger charge is 2.16. The average molecular weight is 323 g/mol. The Hall–Kier alpha value is -2.49. The van der Waals surface area contributed by atoms with Gasteiger partial charge < -0.3 is 15.8 Å². The average Bonchev–Trinajstić information content (AvgIpc) is 2.58. The van der Waals surface area contributed by atoms with Gasteiger partial charge in [-0.3, -0.25) is 4.99 Å². The Balaban J connectivity index is 1.48. The third-order valence-electron chi connectivity index (χ3n) is 4.38. The summed E-state index contributed by atoms with van der Waals surface area (Å²) in [7, 11) is 0. The Morgan fingerprint density at radius 1 is 1.08 bits per heavy atom. The molecule has 126 valence electrons. The van der Waals surface area contributed by atoms with Crippen molar-refractivity contribution < 1.29 is 4.74 Å². The number of hydrogen-bond donors (Lipinski definition) is 2. The smallest absolute Gasteiger partial charge is 0.188 e. The molecule has 0 atom stereocenters. The van der Waals surface area contributed by atoms with Crippen LogP contribution in [0.1, 0.15) is 19.3 Å². The third kappa shape index (κ3) is 4.51. The quantitative estimate of drug-likeness (QED) is 0.466. The number of benzene rings is 2. The lowest BCUT2D eigenvalue weighted by atomic mass is 9.86. The molecule has 0 heterocycles. The first-order valence-corrected chi connectivity index (χ1v) is 8.64. The first-order valence-electron chi connectivity index (χ1n) is 8.64. The maximum atomic E-state index is 5.93. The second-order valence-electron chi connectivity index (χ2n) is 6.16. The summed E-state index contributed by atoms with van der Waals surface area (Å²) < 4.78 is 5.93. The van der Waals surface area contributed by atoms with Gasteiger partial charge in [-0.25, -0.2) is 0 Å². The van der Waals surface area contributed by atoms with Gasteiger partial charge in [-0.05, 0) is 30.4 Å². The fourth-order valence-corrected chi connectivity index (χ4v) is 2.75. The van der Waals surface area contributed by atoms with Crippen LogP contribution in [0.3, 0.4) is 0 Å². The van der Waals surface area contributed by atoms with E-state index in [-0.39, 0.29) is 0 Å². The summed E-state index contributed by atoms with van der Waals surface area (Å²) in [5.41, 5.74) is 8.14. The van der Waals surface area contributed by atoms with E-state index in [1.807, 2.05) is 36.4 Å². The Morgan fingerprint density at radius 3 is 2.58 bits per heavy atom. The van der Waals surface area contributed by atoms with Gasteiger partial charge in [0, 0.05) is 12.1 Å². The standard InChI is InChI=1S/C20H25N3O/c21-20(23-15-16-7-6-8-16)22-13-14-24-19-12-5-4-11-18(19)17-9-2-1-3-10-17/h1-5,9-12,16H,6-8,13-15H2,(H3,21,22,23). The fourth-order valence-electron chi connectivity index (χ4n) is 2.75. The fraction of sp³-hybridized carbons (Fsp3) is 0.350. The normalized spacial score (nSPS) is 14.9. The van der Waals surface area contributed by atoms with Gasteiger partial charge in [-0.15, -0.1) is 0 Å². The highest BCUT2D eigenvalue weighted by molar-refractivity contribution is 5.77. The van der Waals surface area contributed by atoms with E-state index in [2.05, 4.69) is 28.5 Å². The molecule has 4 nitrogen and oxygen atoms in total. The number of rotatable bonds is 7. The minimum absolute atomic E-state index is 0.516. The SMILES string of the molecule is NC(=NCC1CCC1)NCCOc1ccccc1-c1ccccc1. The van der Waals surface area contributed by atoms with Gasteiger partial charge in [0.25, 0.3) is 0 Å². The van der Waals surface area contributed by atoms with Gasteiger partial charge in [0.15, 0.2) is 5.96 Å². The van der Waals surface area contributed by atoms with Gasteiger partial charge >= 0.3 is 0 Å². The molecule has 1 aliphatic rings. The molecule has 2 aromatic rings. The molecular formula is C20H25N3O. The topological polar surface area (TPSA) is 59.6 Å². The molecular weight excluding hydrogens is 298 g/mol. The number of aliphatic imine (C=N–C) groups is 1. The summed E-state index contributed by atoms with van der Waals surface area (Å²) in [5, 5.41) is 3.12. The predicted octanol–water partition coefficient (Wildman–Crippen LogP) is 3.44. The van der Waals surface area contributed by atoms with Gasteiger partial charge in [0.05, 0.1) is 6.54 Å². The van der Waals surface area contributed by atoms with E-state index in [9.17, 15) is 0 Å². The maximum absolute atomic E-state index is 5.93. The summed E-state index contributed by atoms with van der Waals surface area (Å²) in [4.78, 5) is 4.38. The summed E-state index contributed by atoms with van der Waals surface area (Å²) in [6.45, 7) is 2.03. The van der Waals surface area contributed by atoms with Crippen LogP contribution in [0.5, 0.6) is 5.75 Å². The van der Waals surface area contributed by atoms with Crippen LogP contribution in [0.15, 0.2) is 59.6 Å². The number of nitrogens with two attached hydrogens (primary N) is 1. The lowest BCUT2D eigenvalue weighted by Gasteiger charge is -2.23. The molecule has 0 aliphatic heterocycles. The number of nitrogens with zero attached hydrogens (tertiary/aromatic N) is 1. The molecule has 2 aromatic carbocycles. The van der Waals surface area contributed by atoms with Crippen LogP contribution in [0, 0.1) is 5.92 Å². The van der Waals surface area contributed by atoms with Crippen molar-refractivity contribution in [3.8, 4) is 16.9 Å². The van der Waals surface area contributed by atoms with Crippen LogP contribution >= 0.6 is 0 Å². The maximum Gasteiger partial charge on any atom is 0.188 e. The summed E-state index contributed by atoms with van der Waals surface area (Å²) in [5.74, 6) is 2.14. The first kappa shape index (κ1) is 16.4. The molecule has 0 radical (unpaired) electrons. The molecule has 1 aliphatic carbocycles. The second-order valence-corrected chi connectivity index (χ2v) is 6.16. The number of para-hydroxylation sites is 1. The van der Waals surface area contributed by atoms with Crippen molar-refractivity contribution in [2.24, 2.45) is 16.6 Å². The second kappa shape index (κ2) is 8.39. The van der Waals surface area contributed by atoms with Gasteiger partial charge in [-0.1, -0.05) is 55.0 Å². The van der Waals surface area contributed by atoms with Gasteiger partial charge in [0.2, 0.25) is 0 Å². The molecule has 0 saturated heterocycles. The Kier molecular flexibility index (Phi) is 5.72. The Morgan fingerprint density at radius 2 is 1.83 bits per heavy atom. The third-order valence-corrected chi connectivity index (χ3v) is 4.38. The molecule has 0 bridgehead atoms. The Labute approximate surface area is 143 Å². The number of ether oxygens (including phenoxy) is 1. The molecule has 0 spiro atoms. The highest BCUT2D eigenvalue weighted by Crippen LogP contribution is 2.29. The van der Waals surface area contributed by atoms with E-state index < -0.39 is 0 Å². The Bertz CT molecular complexity index is 666. The van der Waals surface area contributed by atoms with Crippen molar-refractivity contribution >= 4 is 5.96 Å². The molecule has 1 saturated carbocycles. The molecule has 4 heteroatoms. The lowest BCUT2D eigenvalue weighted by molar-refractivity contribution is 0.321. The van der Waals surface area contributed by atoms with E-state index in [0.29, 0.717) is 19.1 Å². The molecule has 0 amide bonds. The van der Waals surface area contributed by atoms with Crippen LogP contribution in [0.2, 0.25) is 0 Å². The van der Waals surface area contributed by atoms with E-state index in [4.69, 9.17) is 10.5 Å². The van der Waals surface area contributed by atoms with Gasteiger partial charge in [0.1, 0.15) is 12.4 Å². The van der Waals surface area contributed by atoms with Crippen molar-refractivity contribution in [1.82, 2.24) is 5.32 Å². The number of hydrogen-bond acceptors (Lipinski definition) is 2. The van der Waals surface area contributed by atoms with Gasteiger partial charge in [-0.2, -0.15) is 0 Å². The van der Waals surface area contributed by atoms with Crippen LogP contribution in [-0.4, -0.2) is 25.7 Å². The zero-order valence-corrected chi connectivity index (χ0v) is 13.9. The largest absolute Gasteiger partial charge is 0.491 e. The van der Waals surface area contributed by atoms with E-state index in [0.717, 1.165) is 29.3 Å². The zero-order valence-electron chi connectivity index (χ0n) is 13.9. The van der Waals surface area contributed by atoms with Crippen LogP contribution in [0.25, 0.3) is 11.1 Å². The molecule has 3 N–H and O–H groups in total. The first-order chi connectivity index (χ1) is 11.8. The number of nitrogens with one attached hydrogen (secondary N) is 1. The minimum atomic E-state index is 0.516.